The lowest BCUT2D eigenvalue weighted by atomic mass is 10.2. The summed E-state index contributed by atoms with van der Waals surface area (Å²) < 4.78 is 10.2. The molecule has 0 aliphatic carbocycles. The highest BCUT2D eigenvalue weighted by Gasteiger charge is 2.11. The van der Waals surface area contributed by atoms with E-state index in [1.54, 1.807) is 0 Å². The van der Waals surface area contributed by atoms with Gasteiger partial charge >= 0.3 is 11.9 Å². The molecule has 0 spiro atoms. The number of rotatable bonds is 13. The second kappa shape index (κ2) is 14.2. The highest BCUT2D eigenvalue weighted by molar-refractivity contribution is 7.81. The van der Waals surface area contributed by atoms with Crippen LogP contribution >= 0.6 is 25.3 Å². The van der Waals surface area contributed by atoms with Crippen molar-refractivity contribution in [3.05, 3.63) is 0 Å². The number of carbonyl (C=O) groups is 2. The predicted octanol–water partition coefficient (Wildman–Crippen LogP) is 3.83. The molecule has 0 saturated heterocycles. The summed E-state index contributed by atoms with van der Waals surface area (Å²) in [6, 6.07) is 0. The minimum absolute atomic E-state index is 0.0725. The smallest absolute Gasteiger partial charge is 0.306 e. The second-order valence-electron chi connectivity index (χ2n) is 5.40. The van der Waals surface area contributed by atoms with Gasteiger partial charge in [-0.05, 0) is 25.7 Å². The van der Waals surface area contributed by atoms with Crippen molar-refractivity contribution >= 4 is 37.2 Å². The summed E-state index contributed by atoms with van der Waals surface area (Å²) in [6.45, 7) is 4.92. The third-order valence-electron chi connectivity index (χ3n) is 3.21. The van der Waals surface area contributed by atoms with E-state index in [4.69, 9.17) is 9.47 Å². The first-order valence-electron chi connectivity index (χ1n) is 8.16. The molecule has 0 aromatic heterocycles. The first kappa shape index (κ1) is 21.6. The van der Waals surface area contributed by atoms with E-state index in [9.17, 15) is 9.59 Å². The lowest BCUT2D eigenvalue weighted by Crippen LogP contribution is -2.14. The van der Waals surface area contributed by atoms with Gasteiger partial charge in [-0.25, -0.2) is 0 Å². The van der Waals surface area contributed by atoms with Crippen molar-refractivity contribution in [1.82, 2.24) is 0 Å². The van der Waals surface area contributed by atoms with Crippen LogP contribution in [0.5, 0.6) is 0 Å². The van der Waals surface area contributed by atoms with Gasteiger partial charge in [0, 0.05) is 10.5 Å². The fourth-order valence-corrected chi connectivity index (χ4v) is 2.65. The zero-order chi connectivity index (χ0) is 16.8. The molecule has 0 aromatic rings. The first-order chi connectivity index (χ1) is 10.5. The molecule has 0 bridgehead atoms. The molecular weight excluding hydrogens is 320 g/mol. The summed E-state index contributed by atoms with van der Waals surface area (Å²) in [7, 11) is 0. The maximum absolute atomic E-state index is 11.5. The quantitative estimate of drug-likeness (QED) is 0.391. The van der Waals surface area contributed by atoms with Crippen LogP contribution in [0, 0.1) is 0 Å². The van der Waals surface area contributed by atoms with Crippen molar-refractivity contribution < 1.29 is 19.1 Å². The van der Waals surface area contributed by atoms with Crippen molar-refractivity contribution in [2.45, 2.75) is 75.7 Å². The summed E-state index contributed by atoms with van der Waals surface area (Å²) >= 11 is 8.79. The Morgan fingerprint density at radius 1 is 0.773 bits per heavy atom. The third-order valence-corrected chi connectivity index (χ3v) is 4.24. The topological polar surface area (TPSA) is 52.6 Å². The van der Waals surface area contributed by atoms with Crippen LogP contribution in [-0.4, -0.2) is 35.7 Å². The van der Waals surface area contributed by atoms with E-state index in [1.807, 2.05) is 0 Å². The second-order valence-corrected chi connectivity index (χ2v) is 6.86. The molecule has 0 amide bonds. The maximum Gasteiger partial charge on any atom is 0.306 e. The van der Waals surface area contributed by atoms with Gasteiger partial charge in [0.05, 0.1) is 26.1 Å². The fraction of sp³-hybridized carbons (Fsp3) is 0.875. The number of hydrogen-bond donors (Lipinski definition) is 2. The zero-order valence-corrected chi connectivity index (χ0v) is 15.5. The molecule has 0 aromatic carbocycles. The Morgan fingerprint density at radius 3 is 1.45 bits per heavy atom. The molecule has 6 heteroatoms. The molecule has 2 unspecified atom stereocenters. The molecule has 0 fully saturated rings. The van der Waals surface area contributed by atoms with Gasteiger partial charge in [0.25, 0.3) is 0 Å². The summed E-state index contributed by atoms with van der Waals surface area (Å²) in [5, 5.41) is 0.528. The highest BCUT2D eigenvalue weighted by atomic mass is 32.1. The summed E-state index contributed by atoms with van der Waals surface area (Å²) in [5.74, 6) is -0.709. The average Bonchev–Trinajstić information content (AvgIpc) is 2.45. The van der Waals surface area contributed by atoms with Gasteiger partial charge in [0.15, 0.2) is 0 Å². The Kier molecular flexibility index (Phi) is 14.0. The van der Waals surface area contributed by atoms with E-state index in [0.717, 1.165) is 38.5 Å². The van der Waals surface area contributed by atoms with E-state index in [0.29, 0.717) is 13.2 Å². The number of hydrogen-bond acceptors (Lipinski definition) is 6. The van der Waals surface area contributed by atoms with E-state index in [1.165, 1.54) is 0 Å². The maximum atomic E-state index is 11.5. The van der Waals surface area contributed by atoms with Crippen LogP contribution in [0.25, 0.3) is 0 Å². The monoisotopic (exact) mass is 350 g/mol. The van der Waals surface area contributed by atoms with Crippen molar-refractivity contribution in [3.8, 4) is 0 Å². The van der Waals surface area contributed by atoms with Crippen LogP contribution in [0.4, 0.5) is 0 Å². The van der Waals surface area contributed by atoms with Gasteiger partial charge in [-0.2, -0.15) is 25.3 Å². The summed E-state index contributed by atoms with van der Waals surface area (Å²) in [4.78, 5) is 23.0. The van der Waals surface area contributed by atoms with Gasteiger partial charge in [-0.3, -0.25) is 9.59 Å². The number of esters is 2. The Labute approximate surface area is 145 Å². The first-order valence-corrected chi connectivity index (χ1v) is 9.20. The van der Waals surface area contributed by atoms with Crippen molar-refractivity contribution in [2.75, 3.05) is 13.2 Å². The van der Waals surface area contributed by atoms with E-state index in [-0.39, 0.29) is 35.3 Å². The van der Waals surface area contributed by atoms with Gasteiger partial charge < -0.3 is 9.47 Å². The van der Waals surface area contributed by atoms with Gasteiger partial charge in [-0.1, -0.05) is 26.7 Å². The Bertz CT molecular complexity index is 281. The molecule has 2 atom stereocenters. The standard InChI is InChI=1S/C16H30O4S2/c1-3-5-13(21)9-11-19-15(17)7-8-16(18)20-12-10-14(22)6-4-2/h13-14,21-22H,3-12H2,1-2H3. The molecule has 0 saturated carbocycles. The molecule has 0 radical (unpaired) electrons. The molecule has 0 aliphatic rings. The lowest BCUT2D eigenvalue weighted by Gasteiger charge is -2.10. The zero-order valence-electron chi connectivity index (χ0n) is 13.8. The fourth-order valence-electron chi connectivity index (χ4n) is 1.92. The molecule has 0 N–H and O–H groups in total. The van der Waals surface area contributed by atoms with Crippen LogP contribution in [0.1, 0.15) is 65.2 Å². The Balaban J connectivity index is 3.58. The van der Waals surface area contributed by atoms with Crippen LogP contribution < -0.4 is 0 Å². The largest absolute Gasteiger partial charge is 0.466 e. The highest BCUT2D eigenvalue weighted by Crippen LogP contribution is 2.10. The Morgan fingerprint density at radius 2 is 1.14 bits per heavy atom. The van der Waals surface area contributed by atoms with Crippen molar-refractivity contribution in [1.29, 1.82) is 0 Å². The van der Waals surface area contributed by atoms with Gasteiger partial charge in [0.1, 0.15) is 0 Å². The van der Waals surface area contributed by atoms with Crippen LogP contribution in [0.2, 0.25) is 0 Å². The van der Waals surface area contributed by atoms with E-state index in [2.05, 4.69) is 39.1 Å². The Hall–Kier alpha value is -0.360. The van der Waals surface area contributed by atoms with Gasteiger partial charge in [0.2, 0.25) is 0 Å². The lowest BCUT2D eigenvalue weighted by molar-refractivity contribution is -0.150. The molecule has 4 nitrogen and oxygen atoms in total. The number of ether oxygens (including phenoxy) is 2. The summed E-state index contributed by atoms with van der Waals surface area (Å²) in [6.07, 6.45) is 5.79. The van der Waals surface area contributed by atoms with Crippen LogP contribution in [0.15, 0.2) is 0 Å². The molecule has 0 rings (SSSR count). The van der Waals surface area contributed by atoms with Gasteiger partial charge in [-0.15, -0.1) is 0 Å². The van der Waals surface area contributed by atoms with Crippen molar-refractivity contribution in [2.24, 2.45) is 0 Å². The summed E-state index contributed by atoms with van der Waals surface area (Å²) in [5.41, 5.74) is 0. The minimum atomic E-state index is -0.355. The minimum Gasteiger partial charge on any atom is -0.466 e. The van der Waals surface area contributed by atoms with Crippen molar-refractivity contribution in [3.63, 3.8) is 0 Å². The molecule has 0 aliphatic heterocycles. The molecular formula is C16H30O4S2. The van der Waals surface area contributed by atoms with Crippen LogP contribution in [-0.2, 0) is 19.1 Å². The van der Waals surface area contributed by atoms with E-state index < -0.39 is 0 Å². The third kappa shape index (κ3) is 13.3. The van der Waals surface area contributed by atoms with Crippen LogP contribution in [0.3, 0.4) is 0 Å². The number of carbonyl (C=O) groups excluding carboxylic acids is 2. The number of thiol groups is 2. The molecule has 0 heterocycles. The normalized spacial score (nSPS) is 13.5. The molecule has 22 heavy (non-hydrogen) atoms. The average molecular weight is 351 g/mol. The predicted molar refractivity (Wildman–Crippen MR) is 95.8 cm³/mol. The SMILES string of the molecule is CCCC(S)CCOC(=O)CCC(=O)OCCC(S)CCC. The molecule has 130 valence electrons. The van der Waals surface area contributed by atoms with E-state index >= 15 is 0 Å².